The van der Waals surface area contributed by atoms with Crippen LogP contribution in [0.3, 0.4) is 0 Å². The van der Waals surface area contributed by atoms with Gasteiger partial charge in [0.1, 0.15) is 5.75 Å². The lowest BCUT2D eigenvalue weighted by molar-refractivity contribution is 0.126. The minimum Gasteiger partial charge on any atom is -0.490 e. The van der Waals surface area contributed by atoms with Crippen molar-refractivity contribution in [3.63, 3.8) is 0 Å². The molecule has 1 fully saturated rings. The highest BCUT2D eigenvalue weighted by Gasteiger charge is 2.22. The Morgan fingerprint density at radius 2 is 1.95 bits per heavy atom. The predicted octanol–water partition coefficient (Wildman–Crippen LogP) is 4.86. The van der Waals surface area contributed by atoms with Crippen molar-refractivity contribution in [3.05, 3.63) is 28.2 Å². The van der Waals surface area contributed by atoms with Crippen LogP contribution in [0, 0.1) is 12.8 Å². The van der Waals surface area contributed by atoms with E-state index in [1.165, 1.54) is 24.8 Å². The zero-order chi connectivity index (χ0) is 14.4. The Morgan fingerprint density at radius 1 is 1.20 bits per heavy atom. The maximum atomic E-state index is 8.83. The van der Waals surface area contributed by atoms with Gasteiger partial charge in [0.05, 0.1) is 6.10 Å². The van der Waals surface area contributed by atoms with Gasteiger partial charge in [-0.15, -0.1) is 0 Å². The SMILES string of the molecule is Cc1c(Br)cccc1OC1CCC(CCCCO)CC1. The van der Waals surface area contributed by atoms with Gasteiger partial charge in [0, 0.05) is 16.6 Å². The topological polar surface area (TPSA) is 29.5 Å². The molecule has 0 radical (unpaired) electrons. The molecular formula is C17H25BrO2. The fraction of sp³-hybridized carbons (Fsp3) is 0.647. The number of unbranched alkanes of at least 4 members (excludes halogenated alkanes) is 1. The minimum atomic E-state index is 0.334. The van der Waals surface area contributed by atoms with Crippen LogP contribution in [0.5, 0.6) is 5.75 Å². The molecule has 1 aromatic rings. The van der Waals surface area contributed by atoms with E-state index in [-0.39, 0.29) is 0 Å². The van der Waals surface area contributed by atoms with Gasteiger partial charge in [0.25, 0.3) is 0 Å². The van der Waals surface area contributed by atoms with Crippen LogP contribution >= 0.6 is 15.9 Å². The van der Waals surface area contributed by atoms with Gasteiger partial charge in [0.2, 0.25) is 0 Å². The zero-order valence-electron chi connectivity index (χ0n) is 12.3. The summed E-state index contributed by atoms with van der Waals surface area (Å²) in [5.74, 6) is 1.85. The van der Waals surface area contributed by atoms with Crippen molar-refractivity contribution in [1.82, 2.24) is 0 Å². The second kappa shape index (κ2) is 8.04. The van der Waals surface area contributed by atoms with Crippen LogP contribution in [0.15, 0.2) is 22.7 Å². The molecule has 0 saturated heterocycles. The number of ether oxygens (including phenoxy) is 1. The summed E-state index contributed by atoms with van der Waals surface area (Å²) in [7, 11) is 0. The van der Waals surface area contributed by atoms with Gasteiger partial charge in [-0.1, -0.05) is 34.8 Å². The van der Waals surface area contributed by atoms with Crippen LogP contribution in [-0.2, 0) is 0 Å². The van der Waals surface area contributed by atoms with Crippen LogP contribution in [0.25, 0.3) is 0 Å². The third-order valence-corrected chi connectivity index (χ3v) is 5.18. The number of benzene rings is 1. The second-order valence-corrected chi connectivity index (χ2v) is 6.70. The molecule has 112 valence electrons. The molecule has 1 saturated carbocycles. The molecule has 1 aliphatic rings. The number of hydrogen-bond acceptors (Lipinski definition) is 2. The Labute approximate surface area is 130 Å². The molecule has 0 amide bonds. The van der Waals surface area contributed by atoms with E-state index in [1.54, 1.807) is 0 Å². The number of aliphatic hydroxyl groups is 1. The molecule has 0 aliphatic heterocycles. The first-order valence-electron chi connectivity index (χ1n) is 7.73. The molecule has 0 unspecified atom stereocenters. The van der Waals surface area contributed by atoms with Crippen molar-refractivity contribution < 1.29 is 9.84 Å². The fourth-order valence-electron chi connectivity index (χ4n) is 2.98. The molecule has 1 aliphatic carbocycles. The summed E-state index contributed by atoms with van der Waals surface area (Å²) in [4.78, 5) is 0. The molecule has 3 heteroatoms. The first-order chi connectivity index (χ1) is 9.70. The van der Waals surface area contributed by atoms with Crippen molar-refractivity contribution in [2.45, 2.75) is 58.0 Å². The highest BCUT2D eigenvalue weighted by molar-refractivity contribution is 9.10. The maximum Gasteiger partial charge on any atom is 0.123 e. The highest BCUT2D eigenvalue weighted by atomic mass is 79.9. The van der Waals surface area contributed by atoms with Crippen LogP contribution in [0.2, 0.25) is 0 Å². The van der Waals surface area contributed by atoms with Crippen molar-refractivity contribution in [1.29, 1.82) is 0 Å². The highest BCUT2D eigenvalue weighted by Crippen LogP contribution is 2.33. The van der Waals surface area contributed by atoms with Gasteiger partial charge in [-0.2, -0.15) is 0 Å². The van der Waals surface area contributed by atoms with E-state index >= 15 is 0 Å². The van der Waals surface area contributed by atoms with Gasteiger partial charge >= 0.3 is 0 Å². The first-order valence-corrected chi connectivity index (χ1v) is 8.52. The Hall–Kier alpha value is -0.540. The molecule has 0 aromatic heterocycles. The number of rotatable bonds is 6. The standard InChI is InChI=1S/C17H25BrO2/c1-13-16(18)6-4-7-17(13)20-15-10-8-14(9-11-15)5-2-3-12-19/h4,6-7,14-15,19H,2-3,5,8-12H2,1H3. The molecule has 2 rings (SSSR count). The van der Waals surface area contributed by atoms with E-state index in [9.17, 15) is 0 Å². The van der Waals surface area contributed by atoms with Crippen molar-refractivity contribution in [2.24, 2.45) is 5.92 Å². The van der Waals surface area contributed by atoms with E-state index in [0.717, 1.165) is 41.8 Å². The predicted molar refractivity (Wildman–Crippen MR) is 86.2 cm³/mol. The third-order valence-electron chi connectivity index (χ3n) is 4.33. The average molecular weight is 341 g/mol. The summed E-state index contributed by atoms with van der Waals surface area (Å²) in [6.45, 7) is 2.43. The Morgan fingerprint density at radius 3 is 2.65 bits per heavy atom. The molecule has 0 heterocycles. The molecule has 1 N–H and O–H groups in total. The lowest BCUT2D eigenvalue weighted by atomic mass is 9.84. The molecule has 1 aromatic carbocycles. The maximum absolute atomic E-state index is 8.83. The third kappa shape index (κ3) is 4.49. The zero-order valence-corrected chi connectivity index (χ0v) is 13.9. The summed E-state index contributed by atoms with van der Waals surface area (Å²) >= 11 is 3.56. The molecule has 0 bridgehead atoms. The summed E-state index contributed by atoms with van der Waals surface area (Å²) in [6.07, 6.45) is 8.61. The molecule has 0 spiro atoms. The minimum absolute atomic E-state index is 0.334. The van der Waals surface area contributed by atoms with E-state index in [0.29, 0.717) is 12.7 Å². The van der Waals surface area contributed by atoms with Crippen LogP contribution in [0.1, 0.15) is 50.5 Å². The van der Waals surface area contributed by atoms with Crippen molar-refractivity contribution in [2.75, 3.05) is 6.61 Å². The van der Waals surface area contributed by atoms with E-state index in [4.69, 9.17) is 9.84 Å². The molecule has 20 heavy (non-hydrogen) atoms. The van der Waals surface area contributed by atoms with Crippen LogP contribution < -0.4 is 4.74 Å². The van der Waals surface area contributed by atoms with Gasteiger partial charge in [-0.05, 0) is 57.1 Å². The monoisotopic (exact) mass is 340 g/mol. The van der Waals surface area contributed by atoms with Gasteiger partial charge in [-0.25, -0.2) is 0 Å². The van der Waals surface area contributed by atoms with Gasteiger partial charge in [-0.3, -0.25) is 0 Å². The normalized spacial score (nSPS) is 22.8. The van der Waals surface area contributed by atoms with E-state index < -0.39 is 0 Å². The summed E-state index contributed by atoms with van der Waals surface area (Å²) in [6, 6.07) is 6.15. The van der Waals surface area contributed by atoms with E-state index in [2.05, 4.69) is 35.0 Å². The number of aliphatic hydroxyl groups excluding tert-OH is 1. The fourth-order valence-corrected chi connectivity index (χ4v) is 3.33. The Balaban J connectivity index is 1.78. The van der Waals surface area contributed by atoms with Crippen LogP contribution in [0.4, 0.5) is 0 Å². The summed E-state index contributed by atoms with van der Waals surface area (Å²) < 4.78 is 7.29. The summed E-state index contributed by atoms with van der Waals surface area (Å²) in [5.41, 5.74) is 1.19. The molecule has 2 nitrogen and oxygen atoms in total. The lowest BCUT2D eigenvalue weighted by Crippen LogP contribution is -2.24. The Bertz CT molecular complexity index is 411. The van der Waals surface area contributed by atoms with Gasteiger partial charge < -0.3 is 9.84 Å². The second-order valence-electron chi connectivity index (χ2n) is 5.84. The quantitative estimate of drug-likeness (QED) is 0.749. The van der Waals surface area contributed by atoms with E-state index in [1.807, 2.05) is 6.07 Å². The smallest absolute Gasteiger partial charge is 0.123 e. The summed E-state index contributed by atoms with van der Waals surface area (Å²) in [5, 5.41) is 8.83. The largest absolute Gasteiger partial charge is 0.490 e. The van der Waals surface area contributed by atoms with Crippen molar-refractivity contribution >= 4 is 15.9 Å². The average Bonchev–Trinajstić information content (AvgIpc) is 2.46. The Kier molecular flexibility index (Phi) is 6.37. The first kappa shape index (κ1) is 15.8. The number of halogens is 1. The van der Waals surface area contributed by atoms with Crippen LogP contribution in [-0.4, -0.2) is 17.8 Å². The molecular weight excluding hydrogens is 316 g/mol. The van der Waals surface area contributed by atoms with Crippen molar-refractivity contribution in [3.8, 4) is 5.75 Å². The van der Waals surface area contributed by atoms with Gasteiger partial charge in [0.15, 0.2) is 0 Å². The number of hydrogen-bond donors (Lipinski definition) is 1. The lowest BCUT2D eigenvalue weighted by Gasteiger charge is -2.29. The molecule has 0 atom stereocenters.